The van der Waals surface area contributed by atoms with Crippen molar-refractivity contribution in [3.63, 3.8) is 0 Å². The van der Waals surface area contributed by atoms with Crippen LogP contribution in [0.4, 0.5) is 0 Å². The molecule has 0 bridgehead atoms. The van der Waals surface area contributed by atoms with Gasteiger partial charge >= 0.3 is 0 Å². The fourth-order valence-corrected chi connectivity index (χ4v) is 3.46. The van der Waals surface area contributed by atoms with Crippen LogP contribution in [-0.2, 0) is 6.42 Å². The lowest BCUT2D eigenvalue weighted by molar-refractivity contribution is 0.992. The number of aromatic amines is 2. The molecule has 2 N–H and O–H groups in total. The van der Waals surface area contributed by atoms with Gasteiger partial charge in [0, 0.05) is 38.4 Å². The van der Waals surface area contributed by atoms with Crippen molar-refractivity contribution in [2.45, 2.75) is 12.8 Å². The van der Waals surface area contributed by atoms with Crippen LogP contribution in [0.15, 0.2) is 42.5 Å². The zero-order chi connectivity index (χ0) is 13.1. The molecule has 0 fully saturated rings. The molecule has 2 aromatic carbocycles. The molecule has 5 rings (SSSR count). The highest BCUT2D eigenvalue weighted by Crippen LogP contribution is 2.34. The van der Waals surface area contributed by atoms with E-state index in [9.17, 15) is 0 Å². The monoisotopic (exact) mass is 258 g/mol. The third-order valence-corrected chi connectivity index (χ3v) is 4.41. The van der Waals surface area contributed by atoms with Crippen molar-refractivity contribution in [3.05, 3.63) is 53.7 Å². The van der Waals surface area contributed by atoms with E-state index < -0.39 is 0 Å². The maximum absolute atomic E-state index is 3.55. The average Bonchev–Trinajstić information content (AvgIpc) is 3.02. The SMILES string of the molecule is C1=Cc2[nH]c3cc4[nH]c5ccccc5c4cc3c2CC1. The van der Waals surface area contributed by atoms with E-state index >= 15 is 0 Å². The predicted octanol–water partition coefficient (Wildman–Crippen LogP) is 4.76. The average molecular weight is 258 g/mol. The van der Waals surface area contributed by atoms with Crippen molar-refractivity contribution in [1.29, 1.82) is 0 Å². The Hall–Kier alpha value is -2.48. The number of nitrogens with one attached hydrogen (secondary N) is 2. The zero-order valence-electron chi connectivity index (χ0n) is 11.0. The van der Waals surface area contributed by atoms with E-state index in [-0.39, 0.29) is 0 Å². The molecule has 0 aliphatic heterocycles. The van der Waals surface area contributed by atoms with Gasteiger partial charge in [-0.3, -0.25) is 0 Å². The molecule has 1 aliphatic carbocycles. The van der Waals surface area contributed by atoms with Crippen LogP contribution in [0.3, 0.4) is 0 Å². The maximum Gasteiger partial charge on any atom is 0.0486 e. The molecule has 0 atom stereocenters. The Morgan fingerprint density at radius 1 is 0.800 bits per heavy atom. The summed E-state index contributed by atoms with van der Waals surface area (Å²) in [5.74, 6) is 0. The summed E-state index contributed by atoms with van der Waals surface area (Å²) in [4.78, 5) is 7.06. The second kappa shape index (κ2) is 3.54. The lowest BCUT2D eigenvalue weighted by atomic mass is 10.00. The van der Waals surface area contributed by atoms with Gasteiger partial charge in [0.25, 0.3) is 0 Å². The number of hydrogen-bond donors (Lipinski definition) is 2. The molecule has 1 aliphatic rings. The van der Waals surface area contributed by atoms with Gasteiger partial charge in [-0.1, -0.05) is 24.3 Å². The number of para-hydroxylation sites is 1. The summed E-state index contributed by atoms with van der Waals surface area (Å²) in [5, 5.41) is 4.01. The summed E-state index contributed by atoms with van der Waals surface area (Å²) in [6, 6.07) is 13.1. The largest absolute Gasteiger partial charge is 0.355 e. The molecule has 2 nitrogen and oxygen atoms in total. The quantitative estimate of drug-likeness (QED) is 0.455. The summed E-state index contributed by atoms with van der Waals surface area (Å²) in [5.41, 5.74) is 6.41. The van der Waals surface area contributed by atoms with Crippen molar-refractivity contribution in [2.75, 3.05) is 0 Å². The van der Waals surface area contributed by atoms with Crippen LogP contribution in [0, 0.1) is 0 Å². The van der Waals surface area contributed by atoms with E-state index in [0.717, 1.165) is 12.8 Å². The Balaban J connectivity index is 1.97. The molecule has 2 aromatic heterocycles. The highest BCUT2D eigenvalue weighted by Gasteiger charge is 2.14. The predicted molar refractivity (Wildman–Crippen MR) is 85.0 cm³/mol. The van der Waals surface area contributed by atoms with Gasteiger partial charge in [0.2, 0.25) is 0 Å². The zero-order valence-corrected chi connectivity index (χ0v) is 11.0. The number of allylic oxidation sites excluding steroid dienone is 1. The van der Waals surface area contributed by atoms with Gasteiger partial charge in [-0.2, -0.15) is 0 Å². The minimum Gasteiger partial charge on any atom is -0.355 e. The van der Waals surface area contributed by atoms with Crippen LogP contribution in [0.1, 0.15) is 17.7 Å². The molecule has 96 valence electrons. The number of H-pyrrole nitrogens is 2. The van der Waals surface area contributed by atoms with Crippen LogP contribution in [0.2, 0.25) is 0 Å². The van der Waals surface area contributed by atoms with E-state index in [1.807, 2.05) is 0 Å². The van der Waals surface area contributed by atoms with Crippen molar-refractivity contribution in [2.24, 2.45) is 0 Å². The molecule has 20 heavy (non-hydrogen) atoms. The van der Waals surface area contributed by atoms with Gasteiger partial charge in [0.1, 0.15) is 0 Å². The number of aromatic nitrogens is 2. The third-order valence-electron chi connectivity index (χ3n) is 4.41. The molecule has 0 spiro atoms. The Bertz CT molecular complexity index is 998. The highest BCUT2D eigenvalue weighted by atomic mass is 14.7. The van der Waals surface area contributed by atoms with Gasteiger partial charge in [-0.05, 0) is 42.7 Å². The van der Waals surface area contributed by atoms with Crippen LogP contribution < -0.4 is 0 Å². The molecule has 2 heterocycles. The van der Waals surface area contributed by atoms with E-state index in [4.69, 9.17) is 0 Å². The highest BCUT2D eigenvalue weighted by molar-refractivity contribution is 6.12. The summed E-state index contributed by atoms with van der Waals surface area (Å²) in [6.07, 6.45) is 6.75. The third kappa shape index (κ3) is 1.23. The normalized spacial score (nSPS) is 14.4. The molecule has 0 saturated carbocycles. The standard InChI is InChI=1S/C18H14N2/c1-3-7-15-11(5-1)13-9-14-12-6-2-4-8-16(12)20-18(14)10-17(13)19-15/h1,3-5,7-10,19-20H,2,6H2. The van der Waals surface area contributed by atoms with E-state index in [0.29, 0.717) is 0 Å². The first kappa shape index (κ1) is 10.3. The minimum absolute atomic E-state index is 1.14. The van der Waals surface area contributed by atoms with Crippen molar-refractivity contribution >= 4 is 38.8 Å². The van der Waals surface area contributed by atoms with Crippen LogP contribution in [0.5, 0.6) is 0 Å². The van der Waals surface area contributed by atoms with Crippen molar-refractivity contribution in [1.82, 2.24) is 9.97 Å². The lowest BCUT2D eigenvalue weighted by Crippen LogP contribution is -1.90. The van der Waals surface area contributed by atoms with E-state index in [1.165, 1.54) is 44.0 Å². The number of fused-ring (bicyclic) bond motifs is 6. The first-order valence-electron chi connectivity index (χ1n) is 7.12. The molecule has 4 aromatic rings. The molecular weight excluding hydrogens is 244 g/mol. The van der Waals surface area contributed by atoms with Gasteiger partial charge in [0.15, 0.2) is 0 Å². The molecule has 2 heteroatoms. The molecule has 0 amide bonds. The molecule has 0 saturated heterocycles. The van der Waals surface area contributed by atoms with Crippen LogP contribution in [0.25, 0.3) is 38.8 Å². The van der Waals surface area contributed by atoms with E-state index in [1.54, 1.807) is 0 Å². The minimum atomic E-state index is 1.14. The number of hydrogen-bond acceptors (Lipinski definition) is 0. The molecule has 0 unspecified atom stereocenters. The maximum atomic E-state index is 3.55. The van der Waals surface area contributed by atoms with Crippen molar-refractivity contribution in [3.8, 4) is 0 Å². The molecular formula is C18H14N2. The first-order chi connectivity index (χ1) is 9.90. The Labute approximate surface area is 116 Å². The fourth-order valence-electron chi connectivity index (χ4n) is 3.46. The summed E-state index contributed by atoms with van der Waals surface area (Å²) in [7, 11) is 0. The lowest BCUT2D eigenvalue weighted by Gasteiger charge is -2.04. The van der Waals surface area contributed by atoms with Crippen molar-refractivity contribution < 1.29 is 0 Å². The van der Waals surface area contributed by atoms with Gasteiger partial charge < -0.3 is 9.97 Å². The Morgan fingerprint density at radius 3 is 2.70 bits per heavy atom. The van der Waals surface area contributed by atoms with Gasteiger partial charge in [-0.15, -0.1) is 0 Å². The second-order valence-electron chi connectivity index (χ2n) is 5.57. The summed E-state index contributed by atoms with van der Waals surface area (Å²) in [6.45, 7) is 0. The van der Waals surface area contributed by atoms with Gasteiger partial charge in [-0.25, -0.2) is 0 Å². The number of benzene rings is 2. The van der Waals surface area contributed by atoms with Crippen LogP contribution in [-0.4, -0.2) is 9.97 Å². The Kier molecular flexibility index (Phi) is 1.83. The fraction of sp³-hybridized carbons (Fsp3) is 0.111. The summed E-state index contributed by atoms with van der Waals surface area (Å²) < 4.78 is 0. The first-order valence-corrected chi connectivity index (χ1v) is 7.12. The topological polar surface area (TPSA) is 31.6 Å². The molecule has 0 radical (unpaired) electrons. The Morgan fingerprint density at radius 2 is 1.70 bits per heavy atom. The number of aryl methyl sites for hydroxylation is 1. The second-order valence-corrected chi connectivity index (χ2v) is 5.57. The van der Waals surface area contributed by atoms with E-state index in [2.05, 4.69) is 58.5 Å². The van der Waals surface area contributed by atoms with Gasteiger partial charge in [0.05, 0.1) is 0 Å². The smallest absolute Gasteiger partial charge is 0.0486 e. The number of rotatable bonds is 0. The van der Waals surface area contributed by atoms with Crippen LogP contribution >= 0.6 is 0 Å². The summed E-state index contributed by atoms with van der Waals surface area (Å²) >= 11 is 0.